The second kappa shape index (κ2) is 32.9. The minimum Gasteiger partial charge on any atom is -0.508 e. The molecule has 26 heteroatoms. The highest BCUT2D eigenvalue weighted by Gasteiger charge is 2.34. The lowest BCUT2D eigenvalue weighted by atomic mass is 10.0. The van der Waals surface area contributed by atoms with E-state index in [1.807, 2.05) is 45.2 Å². The number of thioether (sulfide) groups is 1. The van der Waals surface area contributed by atoms with E-state index in [0.717, 1.165) is 10.9 Å². The van der Waals surface area contributed by atoms with Crippen LogP contribution < -0.4 is 59.3 Å². The predicted octanol–water partition coefficient (Wildman–Crippen LogP) is -0.272. The maximum Gasteiger partial charge on any atom is 0.243 e. The summed E-state index contributed by atoms with van der Waals surface area (Å²) >= 11 is 1.52. The quantitative estimate of drug-likeness (QED) is 0.0287. The van der Waals surface area contributed by atoms with Crippen molar-refractivity contribution in [2.24, 2.45) is 23.3 Å². The first-order chi connectivity index (χ1) is 38.5. The number of amides is 10. The van der Waals surface area contributed by atoms with E-state index in [-0.39, 0.29) is 56.1 Å². The molecule has 4 rings (SSSR count). The standard InChI is InChI=1S/C55H80N14O11S/c1-8-20-59-50(75)41(19-21-81-7)66-53(78)42(22-30(2)3)67-54(79)44(25-35-27-58-29-62-35)64-46(72)28-61-55(80)47(31(4)5)69-48(73)32(6)63-52(77)43(24-34-26-60-39-12-10-9-11-37(34)39)68-51(76)40(17-18-45(57)71)65-49(74)38(56)23-33-13-15-36(70)16-14-33/h9-16,26-27,29-32,38,40-44,47,60,70H,8,17-25,28,56H2,1-7H3,(H2,57,71)(H,58,62)(H,59,75)(H,61,80)(H,63,77)(H,64,72)(H,65,74)(H,66,78)(H,67,79)(H,68,76)(H,69,73)/t32-,38+,40-,41-,42-,43-,44-,47-/m0/s1. The minimum absolute atomic E-state index is 0.0155. The molecule has 10 amide bonds. The average Bonchev–Trinajstić information content (AvgIpc) is 4.10. The van der Waals surface area contributed by atoms with Crippen LogP contribution in [0.5, 0.6) is 5.75 Å². The number of benzene rings is 2. The molecule has 4 aromatic rings. The number of imidazole rings is 1. The lowest BCUT2D eigenvalue weighted by molar-refractivity contribution is -0.135. The van der Waals surface area contributed by atoms with Crippen LogP contribution in [0, 0.1) is 11.8 Å². The van der Waals surface area contributed by atoms with Gasteiger partial charge in [-0.25, -0.2) is 4.98 Å². The van der Waals surface area contributed by atoms with E-state index in [1.165, 1.54) is 43.3 Å². The van der Waals surface area contributed by atoms with Crippen LogP contribution in [0.15, 0.2) is 67.3 Å². The number of aromatic nitrogens is 3. The van der Waals surface area contributed by atoms with E-state index in [4.69, 9.17) is 11.5 Å². The number of fused-ring (bicyclic) bond motifs is 1. The summed E-state index contributed by atoms with van der Waals surface area (Å²) in [6.07, 6.45) is 6.95. The summed E-state index contributed by atoms with van der Waals surface area (Å²) in [5.74, 6) is -7.19. The molecular weight excluding hydrogens is 1060 g/mol. The van der Waals surface area contributed by atoms with Crippen molar-refractivity contribution >= 4 is 81.7 Å². The topological polar surface area (TPSA) is 396 Å². The Hall–Kier alpha value is -8.00. The number of primary amides is 1. The molecule has 25 nitrogen and oxygen atoms in total. The number of carbonyl (C=O) groups is 10. The molecule has 442 valence electrons. The molecule has 0 unspecified atom stereocenters. The normalized spacial score (nSPS) is 14.2. The van der Waals surface area contributed by atoms with Crippen molar-refractivity contribution in [3.63, 3.8) is 0 Å². The van der Waals surface area contributed by atoms with Gasteiger partial charge in [0, 0.05) is 54.8 Å². The van der Waals surface area contributed by atoms with E-state index < -0.39 is 114 Å². The zero-order valence-electron chi connectivity index (χ0n) is 46.9. The Labute approximate surface area is 475 Å². The molecule has 81 heavy (non-hydrogen) atoms. The van der Waals surface area contributed by atoms with Crippen molar-refractivity contribution in [3.8, 4) is 5.75 Å². The van der Waals surface area contributed by atoms with Crippen molar-refractivity contribution in [1.29, 1.82) is 0 Å². The van der Waals surface area contributed by atoms with Crippen LogP contribution in [-0.4, -0.2) is 153 Å². The van der Waals surface area contributed by atoms with Gasteiger partial charge in [0.2, 0.25) is 59.1 Å². The van der Waals surface area contributed by atoms with Gasteiger partial charge < -0.3 is 74.4 Å². The number of carbonyl (C=O) groups excluding carboxylic acids is 10. The van der Waals surface area contributed by atoms with Crippen LogP contribution in [-0.2, 0) is 67.2 Å². The van der Waals surface area contributed by atoms with E-state index in [1.54, 1.807) is 38.2 Å². The number of rotatable bonds is 34. The third-order valence-electron chi connectivity index (χ3n) is 13.0. The Morgan fingerprint density at radius 2 is 1.27 bits per heavy atom. The van der Waals surface area contributed by atoms with Crippen molar-refractivity contribution < 1.29 is 53.1 Å². The van der Waals surface area contributed by atoms with E-state index in [2.05, 4.69) is 62.8 Å². The molecule has 0 saturated carbocycles. The smallest absolute Gasteiger partial charge is 0.243 e. The monoisotopic (exact) mass is 1140 g/mol. The van der Waals surface area contributed by atoms with Gasteiger partial charge in [0.1, 0.15) is 48.0 Å². The van der Waals surface area contributed by atoms with Gasteiger partial charge >= 0.3 is 0 Å². The second-order valence-electron chi connectivity index (χ2n) is 20.6. The third-order valence-corrected chi connectivity index (χ3v) is 13.6. The van der Waals surface area contributed by atoms with E-state index >= 15 is 0 Å². The lowest BCUT2D eigenvalue weighted by Crippen LogP contribution is -2.59. The van der Waals surface area contributed by atoms with Crippen molar-refractivity contribution in [3.05, 3.63) is 84.1 Å². The fourth-order valence-corrected chi connectivity index (χ4v) is 8.95. The highest BCUT2D eigenvalue weighted by atomic mass is 32.2. The van der Waals surface area contributed by atoms with E-state index in [9.17, 15) is 53.1 Å². The summed E-state index contributed by atoms with van der Waals surface area (Å²) in [4.78, 5) is 145. The molecule has 0 spiro atoms. The largest absolute Gasteiger partial charge is 0.508 e. The first-order valence-electron chi connectivity index (χ1n) is 27.0. The number of nitrogens with one attached hydrogen (secondary N) is 11. The number of aromatic amines is 2. The fourth-order valence-electron chi connectivity index (χ4n) is 8.48. The minimum atomic E-state index is -1.39. The van der Waals surface area contributed by atoms with Crippen LogP contribution in [0.25, 0.3) is 10.9 Å². The number of aromatic hydroxyl groups is 1. The molecule has 2 aromatic carbocycles. The SMILES string of the molecule is CCCNC(=O)[C@H](CCSC)NC(=O)[C@H](CC(C)C)NC(=O)[C@H](Cc1cnc[nH]1)NC(=O)CNC(=O)[C@@H](NC(=O)[C@H](C)NC(=O)[C@H](Cc1c[nH]c2ccccc12)NC(=O)[C@H](CCC(N)=O)NC(=O)[C@H](N)Cc1ccc(O)cc1)C(C)C. The number of nitrogens with zero attached hydrogens (tertiary/aromatic N) is 1. The molecule has 0 saturated heterocycles. The first-order valence-corrected chi connectivity index (χ1v) is 28.4. The third kappa shape index (κ3) is 21.9. The highest BCUT2D eigenvalue weighted by Crippen LogP contribution is 2.20. The van der Waals surface area contributed by atoms with E-state index in [0.29, 0.717) is 42.0 Å². The number of phenols is 1. The molecule has 0 bridgehead atoms. The van der Waals surface area contributed by atoms with Crippen molar-refractivity contribution in [2.45, 2.75) is 141 Å². The molecule has 0 aliphatic carbocycles. The number of phenolic OH excluding ortho intramolecular Hbond substituents is 1. The number of nitrogens with two attached hydrogens (primary N) is 2. The van der Waals surface area contributed by atoms with Crippen molar-refractivity contribution in [2.75, 3.05) is 25.1 Å². The summed E-state index contributed by atoms with van der Waals surface area (Å²) in [5, 5.41) is 34.4. The Morgan fingerprint density at radius 1 is 0.654 bits per heavy atom. The lowest BCUT2D eigenvalue weighted by Gasteiger charge is -2.27. The molecule has 0 fully saturated rings. The van der Waals surface area contributed by atoms with Gasteiger partial charge in [-0.15, -0.1) is 0 Å². The molecule has 0 radical (unpaired) electrons. The number of H-pyrrole nitrogens is 2. The maximum atomic E-state index is 14.2. The van der Waals surface area contributed by atoms with Gasteiger partial charge in [-0.3, -0.25) is 47.9 Å². The molecule has 16 N–H and O–H groups in total. The zero-order chi connectivity index (χ0) is 59.8. The molecule has 8 atom stereocenters. The Kier molecular flexibility index (Phi) is 26.6. The maximum absolute atomic E-state index is 14.2. The first kappa shape index (κ1) is 65.5. The van der Waals surface area contributed by atoms with Crippen LogP contribution in [0.1, 0.15) is 90.5 Å². The van der Waals surface area contributed by atoms with Gasteiger partial charge in [0.05, 0.1) is 18.9 Å². The molecular formula is C55H80N14O11S. The Morgan fingerprint density at radius 3 is 1.91 bits per heavy atom. The van der Waals surface area contributed by atoms with Crippen LogP contribution in [0.2, 0.25) is 0 Å². The Bertz CT molecular complexity index is 2750. The van der Waals surface area contributed by atoms with Gasteiger partial charge in [-0.05, 0) is 92.2 Å². The number of hydrogen-bond acceptors (Lipinski definition) is 14. The summed E-state index contributed by atoms with van der Waals surface area (Å²) in [6, 6.07) is 3.58. The summed E-state index contributed by atoms with van der Waals surface area (Å²) in [6.45, 7) is 10.1. The van der Waals surface area contributed by atoms with Gasteiger partial charge in [-0.1, -0.05) is 65.0 Å². The van der Waals surface area contributed by atoms with Gasteiger partial charge in [-0.2, -0.15) is 11.8 Å². The summed E-state index contributed by atoms with van der Waals surface area (Å²) < 4.78 is 0. The van der Waals surface area contributed by atoms with Crippen LogP contribution in [0.3, 0.4) is 0 Å². The summed E-state index contributed by atoms with van der Waals surface area (Å²) in [7, 11) is 0. The molecule has 0 aliphatic heterocycles. The van der Waals surface area contributed by atoms with Crippen LogP contribution in [0.4, 0.5) is 0 Å². The van der Waals surface area contributed by atoms with Crippen molar-refractivity contribution in [1.82, 2.24) is 62.8 Å². The average molecular weight is 1150 g/mol. The summed E-state index contributed by atoms with van der Waals surface area (Å²) in [5.41, 5.74) is 14.1. The fraction of sp³-hybridized carbons (Fsp3) is 0.509. The number of hydrogen-bond donors (Lipinski definition) is 14. The molecule has 2 aromatic heterocycles. The highest BCUT2D eigenvalue weighted by molar-refractivity contribution is 7.98. The van der Waals surface area contributed by atoms with Gasteiger partial charge in [0.15, 0.2) is 0 Å². The van der Waals surface area contributed by atoms with Gasteiger partial charge in [0.25, 0.3) is 0 Å². The number of para-hydroxylation sites is 1. The predicted molar refractivity (Wildman–Crippen MR) is 305 cm³/mol. The molecule has 2 heterocycles. The Balaban J connectivity index is 1.45. The molecule has 0 aliphatic rings. The van der Waals surface area contributed by atoms with Crippen LogP contribution >= 0.6 is 11.8 Å². The second-order valence-corrected chi connectivity index (χ2v) is 21.6. The zero-order valence-corrected chi connectivity index (χ0v) is 47.8.